The molecule has 1 aliphatic heterocycles. The van der Waals surface area contributed by atoms with Crippen molar-refractivity contribution < 1.29 is 14.3 Å². The van der Waals surface area contributed by atoms with Gasteiger partial charge in [0.25, 0.3) is 0 Å². The van der Waals surface area contributed by atoms with E-state index >= 15 is 0 Å². The first-order chi connectivity index (χ1) is 15.4. The fourth-order valence-electron chi connectivity index (χ4n) is 4.26. The van der Waals surface area contributed by atoms with E-state index in [2.05, 4.69) is 0 Å². The van der Waals surface area contributed by atoms with E-state index in [0.717, 1.165) is 11.0 Å². The quantitative estimate of drug-likeness (QED) is 0.549. The molecule has 0 aliphatic carbocycles. The molecular weight excluding hydrogens is 432 g/mol. The second-order valence-corrected chi connectivity index (χ2v) is 8.19. The summed E-state index contributed by atoms with van der Waals surface area (Å²) in [7, 11) is 3.06. The minimum absolute atomic E-state index is 0.0227. The number of carbonyl (C=O) groups is 2. The highest BCUT2D eigenvalue weighted by Crippen LogP contribution is 2.29. The van der Waals surface area contributed by atoms with E-state index in [1.165, 1.54) is 11.7 Å². The van der Waals surface area contributed by atoms with Crippen LogP contribution in [0.5, 0.6) is 0 Å². The molecular formula is C23H25ClN4O4. The highest BCUT2D eigenvalue weighted by molar-refractivity contribution is 6.31. The average molecular weight is 457 g/mol. The zero-order valence-corrected chi connectivity index (χ0v) is 18.8. The first-order valence-corrected chi connectivity index (χ1v) is 10.8. The second-order valence-electron chi connectivity index (χ2n) is 7.78. The van der Waals surface area contributed by atoms with Crippen molar-refractivity contribution in [3.8, 4) is 0 Å². The molecule has 1 fully saturated rings. The lowest BCUT2D eigenvalue weighted by atomic mass is 10.0. The lowest BCUT2D eigenvalue weighted by Gasteiger charge is -2.38. The molecule has 1 amide bonds. The van der Waals surface area contributed by atoms with E-state index in [0.29, 0.717) is 36.8 Å². The van der Waals surface area contributed by atoms with Gasteiger partial charge in [-0.25, -0.2) is 9.59 Å². The fourth-order valence-corrected chi connectivity index (χ4v) is 4.50. The number of hydrogen-bond donors (Lipinski definition) is 0. The summed E-state index contributed by atoms with van der Waals surface area (Å²) in [5, 5.41) is 0.497. The van der Waals surface area contributed by atoms with Crippen molar-refractivity contribution in [1.82, 2.24) is 18.9 Å². The zero-order chi connectivity index (χ0) is 22.8. The third-order valence-corrected chi connectivity index (χ3v) is 6.35. The van der Waals surface area contributed by atoms with Crippen LogP contribution in [0.2, 0.25) is 5.02 Å². The van der Waals surface area contributed by atoms with Gasteiger partial charge >= 0.3 is 11.7 Å². The summed E-state index contributed by atoms with van der Waals surface area (Å²) >= 11 is 6.34. The van der Waals surface area contributed by atoms with Crippen LogP contribution < -0.4 is 5.69 Å². The first kappa shape index (κ1) is 22.1. The van der Waals surface area contributed by atoms with E-state index in [1.54, 1.807) is 22.6 Å². The maximum Gasteiger partial charge on any atom is 0.329 e. The van der Waals surface area contributed by atoms with Gasteiger partial charge in [-0.1, -0.05) is 41.9 Å². The van der Waals surface area contributed by atoms with Gasteiger partial charge in [0.2, 0.25) is 5.91 Å². The van der Waals surface area contributed by atoms with Gasteiger partial charge in [-0.05, 0) is 23.8 Å². The number of benzene rings is 2. The molecule has 0 spiro atoms. The van der Waals surface area contributed by atoms with E-state index in [1.807, 2.05) is 47.4 Å². The monoisotopic (exact) mass is 456 g/mol. The number of rotatable bonds is 5. The number of para-hydroxylation sites is 2. The third-order valence-electron chi connectivity index (χ3n) is 6.00. The van der Waals surface area contributed by atoms with Gasteiger partial charge in [0.05, 0.1) is 18.1 Å². The number of fused-ring (bicyclic) bond motifs is 1. The predicted molar refractivity (Wildman–Crippen MR) is 122 cm³/mol. The van der Waals surface area contributed by atoms with Crippen molar-refractivity contribution >= 4 is 34.5 Å². The van der Waals surface area contributed by atoms with Crippen LogP contribution in [0.3, 0.4) is 0 Å². The number of aryl methyl sites for hydroxylation is 1. The Morgan fingerprint density at radius 3 is 2.28 bits per heavy atom. The van der Waals surface area contributed by atoms with Gasteiger partial charge in [0.15, 0.2) is 0 Å². The van der Waals surface area contributed by atoms with Crippen LogP contribution in [0.15, 0.2) is 53.3 Å². The zero-order valence-electron chi connectivity index (χ0n) is 18.0. The van der Waals surface area contributed by atoms with Gasteiger partial charge < -0.3 is 9.64 Å². The molecule has 1 unspecified atom stereocenters. The Morgan fingerprint density at radius 1 is 1.00 bits per heavy atom. The maximum atomic E-state index is 13.0. The van der Waals surface area contributed by atoms with Crippen LogP contribution in [0.1, 0.15) is 11.6 Å². The topological polar surface area (TPSA) is 76.8 Å². The molecule has 4 rings (SSSR count). The fraction of sp³-hybridized carbons (Fsp3) is 0.348. The normalized spacial score (nSPS) is 15.7. The summed E-state index contributed by atoms with van der Waals surface area (Å²) in [4.78, 5) is 41.9. The Labute approximate surface area is 190 Å². The largest absolute Gasteiger partial charge is 0.468 e. The lowest BCUT2D eigenvalue weighted by Crippen LogP contribution is -2.52. The van der Waals surface area contributed by atoms with E-state index in [4.69, 9.17) is 16.3 Å². The Kier molecular flexibility index (Phi) is 6.34. The molecule has 0 saturated carbocycles. The standard InChI is InChI=1S/C23H25ClN4O4/c1-25-18-9-5-6-10-19(18)28(23(25)31)15-20(29)26-11-13-27(14-12-26)21(22(30)32-2)16-7-3-4-8-17(16)24/h3-10,21H,11-15H2,1-2H3. The highest BCUT2D eigenvalue weighted by atomic mass is 35.5. The smallest absolute Gasteiger partial charge is 0.329 e. The number of hydrogen-bond acceptors (Lipinski definition) is 5. The van der Waals surface area contributed by atoms with Crippen molar-refractivity contribution in [3.63, 3.8) is 0 Å². The van der Waals surface area contributed by atoms with Crippen molar-refractivity contribution in [3.05, 3.63) is 69.6 Å². The third kappa shape index (κ3) is 4.03. The second kappa shape index (κ2) is 9.18. The molecule has 1 saturated heterocycles. The summed E-state index contributed by atoms with van der Waals surface area (Å²) < 4.78 is 8.08. The molecule has 0 N–H and O–H groups in total. The van der Waals surface area contributed by atoms with Gasteiger partial charge in [0.1, 0.15) is 12.6 Å². The molecule has 168 valence electrons. The van der Waals surface area contributed by atoms with Crippen LogP contribution in [0, 0.1) is 0 Å². The molecule has 1 aromatic heterocycles. The number of ether oxygens (including phenoxy) is 1. The van der Waals surface area contributed by atoms with Crippen molar-refractivity contribution in [2.45, 2.75) is 12.6 Å². The number of methoxy groups -OCH3 is 1. The molecule has 2 aromatic carbocycles. The van der Waals surface area contributed by atoms with E-state index < -0.39 is 6.04 Å². The van der Waals surface area contributed by atoms with Crippen molar-refractivity contribution in [1.29, 1.82) is 0 Å². The Hall–Kier alpha value is -3.10. The van der Waals surface area contributed by atoms with Gasteiger partial charge in [0, 0.05) is 38.2 Å². The number of esters is 1. The first-order valence-electron chi connectivity index (χ1n) is 10.4. The molecule has 8 nitrogen and oxygen atoms in total. The van der Waals surface area contributed by atoms with Gasteiger partial charge in [-0.3, -0.25) is 18.8 Å². The molecule has 0 bridgehead atoms. The SMILES string of the molecule is COC(=O)C(c1ccccc1Cl)N1CCN(C(=O)Cn2c(=O)n(C)c3ccccc32)CC1. The summed E-state index contributed by atoms with van der Waals surface area (Å²) in [6.07, 6.45) is 0. The molecule has 3 aromatic rings. The summed E-state index contributed by atoms with van der Waals surface area (Å²) in [5.41, 5.74) is 1.98. The number of carbonyl (C=O) groups excluding carboxylic acids is 2. The summed E-state index contributed by atoms with van der Waals surface area (Å²) in [6, 6.07) is 14.0. The number of amides is 1. The molecule has 2 heterocycles. The number of piperazine rings is 1. The summed E-state index contributed by atoms with van der Waals surface area (Å²) in [6.45, 7) is 1.83. The lowest BCUT2D eigenvalue weighted by molar-refractivity contribution is -0.148. The number of halogens is 1. The summed E-state index contributed by atoms with van der Waals surface area (Å²) in [5.74, 6) is -0.518. The Bertz CT molecular complexity index is 1210. The number of nitrogens with zero attached hydrogens (tertiary/aromatic N) is 4. The van der Waals surface area contributed by atoms with Crippen molar-refractivity contribution in [2.75, 3.05) is 33.3 Å². The minimum atomic E-state index is -0.633. The molecule has 1 aliphatic rings. The van der Waals surface area contributed by atoms with Crippen LogP contribution in [0.25, 0.3) is 11.0 Å². The molecule has 9 heteroatoms. The number of aromatic nitrogens is 2. The molecule has 0 radical (unpaired) electrons. The van der Waals surface area contributed by atoms with Crippen LogP contribution in [-0.4, -0.2) is 64.1 Å². The van der Waals surface area contributed by atoms with Crippen LogP contribution >= 0.6 is 11.6 Å². The van der Waals surface area contributed by atoms with Crippen LogP contribution in [-0.2, 0) is 27.9 Å². The molecule has 32 heavy (non-hydrogen) atoms. The van der Waals surface area contributed by atoms with E-state index in [9.17, 15) is 14.4 Å². The average Bonchev–Trinajstić information content (AvgIpc) is 3.05. The highest BCUT2D eigenvalue weighted by Gasteiger charge is 2.33. The maximum absolute atomic E-state index is 13.0. The van der Waals surface area contributed by atoms with Gasteiger partial charge in [-0.15, -0.1) is 0 Å². The predicted octanol–water partition coefficient (Wildman–Crippen LogP) is 2.05. The Morgan fingerprint density at radius 2 is 1.62 bits per heavy atom. The van der Waals surface area contributed by atoms with E-state index in [-0.39, 0.29) is 24.1 Å². The molecule has 1 atom stereocenters. The number of imidazole rings is 1. The Balaban J connectivity index is 1.48. The minimum Gasteiger partial charge on any atom is -0.468 e. The van der Waals surface area contributed by atoms with Crippen LogP contribution in [0.4, 0.5) is 0 Å². The van der Waals surface area contributed by atoms with Crippen molar-refractivity contribution in [2.24, 2.45) is 7.05 Å². The van der Waals surface area contributed by atoms with Gasteiger partial charge in [-0.2, -0.15) is 0 Å².